The van der Waals surface area contributed by atoms with Crippen molar-refractivity contribution in [2.45, 2.75) is 36.3 Å². The van der Waals surface area contributed by atoms with E-state index in [2.05, 4.69) is 39.2 Å². The van der Waals surface area contributed by atoms with Gasteiger partial charge in [0, 0.05) is 12.4 Å². The third-order valence-corrected chi connectivity index (χ3v) is 5.06. The minimum Gasteiger partial charge on any atom is -0.358 e. The fourth-order valence-corrected chi connectivity index (χ4v) is 3.71. The molecule has 3 aromatic rings. The Morgan fingerprint density at radius 2 is 2.04 bits per heavy atom. The first-order valence-electron chi connectivity index (χ1n) is 7.88. The maximum atomic E-state index is 5.86. The monoisotopic (exact) mass is 326 g/mol. The second-order valence-corrected chi connectivity index (χ2v) is 6.56. The van der Waals surface area contributed by atoms with E-state index in [1.54, 1.807) is 18.1 Å². The molecular formula is C17H18N4OS. The van der Waals surface area contributed by atoms with Crippen molar-refractivity contribution in [3.8, 4) is 0 Å². The lowest BCUT2D eigenvalue weighted by Gasteiger charge is -2.23. The third kappa shape index (κ3) is 3.09. The Morgan fingerprint density at radius 1 is 1.13 bits per heavy atom. The number of imidazole rings is 1. The molecule has 23 heavy (non-hydrogen) atoms. The Morgan fingerprint density at radius 3 is 2.87 bits per heavy atom. The predicted molar refractivity (Wildman–Crippen MR) is 90.2 cm³/mol. The van der Waals surface area contributed by atoms with Gasteiger partial charge in [-0.3, -0.25) is 4.57 Å². The Kier molecular flexibility index (Phi) is 4.26. The summed E-state index contributed by atoms with van der Waals surface area (Å²) in [4.78, 5) is 13.4. The van der Waals surface area contributed by atoms with Crippen molar-refractivity contribution in [1.29, 1.82) is 0 Å². The summed E-state index contributed by atoms with van der Waals surface area (Å²) in [6, 6.07) is 10.4. The van der Waals surface area contributed by atoms with Gasteiger partial charge in [-0.05, 0) is 24.8 Å². The summed E-state index contributed by atoms with van der Waals surface area (Å²) in [6.45, 7) is 0.811. The van der Waals surface area contributed by atoms with Gasteiger partial charge in [0.2, 0.25) is 0 Å². The molecule has 1 atom stereocenters. The molecule has 0 amide bonds. The van der Waals surface area contributed by atoms with Crippen LogP contribution in [-0.2, 0) is 10.5 Å². The topological polar surface area (TPSA) is 52.8 Å². The van der Waals surface area contributed by atoms with Gasteiger partial charge < -0.3 is 4.74 Å². The zero-order valence-corrected chi connectivity index (χ0v) is 13.6. The van der Waals surface area contributed by atoms with E-state index < -0.39 is 0 Å². The SMILES string of the molecule is c1ccc(CSc2ncnc3c2ncn3C2CCCCO2)cc1. The predicted octanol–water partition coefficient (Wildman–Crippen LogP) is 3.82. The number of ether oxygens (including phenoxy) is 1. The Hall–Kier alpha value is -1.92. The van der Waals surface area contributed by atoms with Gasteiger partial charge in [0.1, 0.15) is 23.1 Å². The van der Waals surface area contributed by atoms with Crippen LogP contribution < -0.4 is 0 Å². The normalized spacial score (nSPS) is 18.3. The number of rotatable bonds is 4. The third-order valence-electron chi connectivity index (χ3n) is 4.01. The van der Waals surface area contributed by atoms with E-state index in [4.69, 9.17) is 4.74 Å². The van der Waals surface area contributed by atoms with Crippen LogP contribution in [0.25, 0.3) is 11.2 Å². The molecule has 2 aromatic heterocycles. The Labute approximate surface area is 139 Å². The standard InChI is InChI=1S/C17H18N4OS/c1-2-6-13(7-3-1)10-23-17-15-16(18-11-19-17)21(12-20-15)14-8-4-5-9-22-14/h1-3,6-7,11-12,14H,4-5,8-10H2. The molecule has 4 rings (SSSR count). The summed E-state index contributed by atoms with van der Waals surface area (Å²) in [5.41, 5.74) is 3.00. The van der Waals surface area contributed by atoms with Crippen molar-refractivity contribution in [3.05, 3.63) is 48.5 Å². The van der Waals surface area contributed by atoms with E-state index in [0.29, 0.717) is 0 Å². The van der Waals surface area contributed by atoms with Crippen LogP contribution in [0.1, 0.15) is 31.1 Å². The summed E-state index contributed by atoms with van der Waals surface area (Å²) < 4.78 is 7.90. The van der Waals surface area contributed by atoms with E-state index in [9.17, 15) is 0 Å². The minimum absolute atomic E-state index is 0.0515. The molecule has 5 nitrogen and oxygen atoms in total. The highest BCUT2D eigenvalue weighted by Gasteiger charge is 2.20. The van der Waals surface area contributed by atoms with Crippen LogP contribution >= 0.6 is 11.8 Å². The van der Waals surface area contributed by atoms with Gasteiger partial charge in [0.05, 0.1) is 6.33 Å². The maximum absolute atomic E-state index is 5.86. The summed E-state index contributed by atoms with van der Waals surface area (Å²) in [7, 11) is 0. The molecule has 1 aromatic carbocycles. The van der Waals surface area contributed by atoms with Crippen molar-refractivity contribution < 1.29 is 4.74 Å². The molecule has 0 spiro atoms. The molecule has 1 aliphatic heterocycles. The van der Waals surface area contributed by atoms with Crippen molar-refractivity contribution in [2.24, 2.45) is 0 Å². The number of nitrogens with zero attached hydrogens (tertiary/aromatic N) is 4. The maximum Gasteiger partial charge on any atom is 0.166 e. The summed E-state index contributed by atoms with van der Waals surface area (Å²) in [5, 5.41) is 0.924. The van der Waals surface area contributed by atoms with E-state index in [-0.39, 0.29) is 6.23 Å². The second kappa shape index (κ2) is 6.68. The molecule has 0 saturated carbocycles. The molecule has 6 heteroatoms. The molecule has 1 fully saturated rings. The molecule has 118 valence electrons. The average molecular weight is 326 g/mol. The van der Waals surface area contributed by atoms with Gasteiger partial charge in [-0.25, -0.2) is 15.0 Å². The van der Waals surface area contributed by atoms with Gasteiger partial charge in [0.15, 0.2) is 5.65 Å². The molecule has 0 N–H and O–H groups in total. The summed E-state index contributed by atoms with van der Waals surface area (Å²) >= 11 is 1.70. The van der Waals surface area contributed by atoms with Crippen LogP contribution in [0.5, 0.6) is 0 Å². The zero-order chi connectivity index (χ0) is 15.5. The first-order chi connectivity index (χ1) is 11.4. The van der Waals surface area contributed by atoms with Crippen LogP contribution in [0.3, 0.4) is 0 Å². The van der Waals surface area contributed by atoms with E-state index in [1.165, 1.54) is 12.0 Å². The molecule has 3 heterocycles. The molecule has 0 bridgehead atoms. The van der Waals surface area contributed by atoms with Crippen molar-refractivity contribution in [3.63, 3.8) is 0 Å². The number of fused-ring (bicyclic) bond motifs is 1. The average Bonchev–Trinajstić information content (AvgIpc) is 3.06. The van der Waals surface area contributed by atoms with E-state index in [0.717, 1.165) is 41.4 Å². The fraction of sp³-hybridized carbons (Fsp3) is 0.353. The summed E-state index contributed by atoms with van der Waals surface area (Å²) in [6.07, 6.45) is 6.85. The number of hydrogen-bond acceptors (Lipinski definition) is 5. The lowest BCUT2D eigenvalue weighted by molar-refractivity contribution is -0.0298. The Bertz CT molecular complexity index is 784. The van der Waals surface area contributed by atoms with Crippen LogP contribution in [-0.4, -0.2) is 26.1 Å². The van der Waals surface area contributed by atoms with Crippen molar-refractivity contribution >= 4 is 22.9 Å². The lowest BCUT2D eigenvalue weighted by atomic mass is 10.2. The van der Waals surface area contributed by atoms with Crippen LogP contribution in [0.2, 0.25) is 0 Å². The van der Waals surface area contributed by atoms with Gasteiger partial charge in [0.25, 0.3) is 0 Å². The number of hydrogen-bond donors (Lipinski definition) is 0. The van der Waals surface area contributed by atoms with Gasteiger partial charge >= 0.3 is 0 Å². The largest absolute Gasteiger partial charge is 0.358 e. The molecule has 0 aliphatic carbocycles. The zero-order valence-electron chi connectivity index (χ0n) is 12.8. The Balaban J connectivity index is 1.59. The number of aromatic nitrogens is 4. The highest BCUT2D eigenvalue weighted by atomic mass is 32.2. The highest BCUT2D eigenvalue weighted by Crippen LogP contribution is 2.30. The van der Waals surface area contributed by atoms with E-state index >= 15 is 0 Å². The van der Waals surface area contributed by atoms with Crippen LogP contribution in [0.15, 0.2) is 48.0 Å². The molecule has 0 radical (unpaired) electrons. The quantitative estimate of drug-likeness (QED) is 0.539. The summed E-state index contributed by atoms with van der Waals surface area (Å²) in [5.74, 6) is 0.875. The van der Waals surface area contributed by atoms with E-state index in [1.807, 2.05) is 17.0 Å². The molecule has 1 unspecified atom stereocenters. The first-order valence-corrected chi connectivity index (χ1v) is 8.86. The molecular weight excluding hydrogens is 308 g/mol. The minimum atomic E-state index is 0.0515. The molecule has 1 aliphatic rings. The second-order valence-electron chi connectivity index (χ2n) is 5.60. The van der Waals surface area contributed by atoms with Crippen molar-refractivity contribution in [2.75, 3.05) is 6.61 Å². The first kappa shape index (κ1) is 14.7. The fourth-order valence-electron chi connectivity index (χ4n) is 2.82. The smallest absolute Gasteiger partial charge is 0.166 e. The van der Waals surface area contributed by atoms with Crippen molar-refractivity contribution in [1.82, 2.24) is 19.5 Å². The van der Waals surface area contributed by atoms with Crippen LogP contribution in [0.4, 0.5) is 0 Å². The lowest BCUT2D eigenvalue weighted by Crippen LogP contribution is -2.17. The van der Waals surface area contributed by atoms with Gasteiger partial charge in [-0.2, -0.15) is 0 Å². The van der Waals surface area contributed by atoms with Gasteiger partial charge in [-0.1, -0.05) is 42.1 Å². The highest BCUT2D eigenvalue weighted by molar-refractivity contribution is 7.98. The molecule has 1 saturated heterocycles. The van der Waals surface area contributed by atoms with Crippen LogP contribution in [0, 0.1) is 0 Å². The number of thioether (sulfide) groups is 1. The number of benzene rings is 1. The van der Waals surface area contributed by atoms with Gasteiger partial charge in [-0.15, -0.1) is 0 Å².